The highest BCUT2D eigenvalue weighted by atomic mass is 16.3. The standard InChI is InChI=1S/C7H16N2O2/c1-5(10)2-7(11)6(3-8)4-9/h5-11H,2-4H2,1H3. The Balaban J connectivity index is 3.68. The van der Waals surface area contributed by atoms with Crippen LogP contribution in [-0.2, 0) is 0 Å². The van der Waals surface area contributed by atoms with E-state index in [1.807, 2.05) is 0 Å². The number of hydrogen-bond acceptors (Lipinski definition) is 2. The summed E-state index contributed by atoms with van der Waals surface area (Å²) in [5, 5.41) is 18.2. The highest BCUT2D eigenvalue weighted by Crippen LogP contribution is 2.07. The van der Waals surface area contributed by atoms with Gasteiger partial charge in [-0.1, -0.05) is 0 Å². The van der Waals surface area contributed by atoms with Crippen molar-refractivity contribution in [1.82, 2.24) is 11.5 Å². The average molecular weight is 160 g/mol. The maximum absolute atomic E-state index is 9.28. The van der Waals surface area contributed by atoms with Crippen molar-refractivity contribution < 1.29 is 10.2 Å². The molecule has 0 aromatic heterocycles. The first-order valence-electron chi connectivity index (χ1n) is 3.77. The van der Waals surface area contributed by atoms with Crippen LogP contribution in [0.15, 0.2) is 0 Å². The van der Waals surface area contributed by atoms with Crippen LogP contribution in [0.5, 0.6) is 0 Å². The van der Waals surface area contributed by atoms with Crippen molar-refractivity contribution in [3.05, 3.63) is 0 Å². The molecule has 0 rings (SSSR count). The largest absolute Gasteiger partial charge is 0.393 e. The second kappa shape index (κ2) is 5.49. The fraction of sp³-hybridized carbons (Fsp3) is 1.00. The third-order valence-corrected chi connectivity index (χ3v) is 1.65. The van der Waals surface area contributed by atoms with E-state index in [1.54, 1.807) is 6.92 Å². The zero-order chi connectivity index (χ0) is 8.85. The average Bonchev–Trinajstić information content (AvgIpc) is 1.88. The van der Waals surface area contributed by atoms with E-state index in [0.29, 0.717) is 0 Å². The van der Waals surface area contributed by atoms with E-state index in [4.69, 9.17) is 16.6 Å². The Morgan fingerprint density at radius 2 is 1.64 bits per heavy atom. The molecule has 0 aromatic carbocycles. The molecule has 66 valence electrons. The van der Waals surface area contributed by atoms with E-state index in [1.165, 1.54) is 0 Å². The number of aliphatic hydroxyl groups is 2. The molecule has 0 aliphatic rings. The molecule has 0 bridgehead atoms. The summed E-state index contributed by atoms with van der Waals surface area (Å²) >= 11 is 0. The van der Waals surface area contributed by atoms with Crippen molar-refractivity contribution in [1.29, 1.82) is 0 Å². The molecular formula is C7H16N2O2. The van der Waals surface area contributed by atoms with Crippen LogP contribution in [0.25, 0.3) is 0 Å². The SMILES string of the molecule is CC(O)CC(O)C(C[NH])C[NH]. The Hall–Kier alpha value is -0.160. The van der Waals surface area contributed by atoms with Crippen molar-refractivity contribution in [2.75, 3.05) is 13.1 Å². The fourth-order valence-corrected chi connectivity index (χ4v) is 0.886. The molecule has 2 atom stereocenters. The van der Waals surface area contributed by atoms with Gasteiger partial charge in [0.1, 0.15) is 0 Å². The van der Waals surface area contributed by atoms with Crippen LogP contribution in [0.2, 0.25) is 0 Å². The molecular weight excluding hydrogens is 144 g/mol. The minimum Gasteiger partial charge on any atom is -0.393 e. The fourth-order valence-electron chi connectivity index (χ4n) is 0.886. The molecule has 2 unspecified atom stereocenters. The lowest BCUT2D eigenvalue weighted by Gasteiger charge is -2.19. The van der Waals surface area contributed by atoms with Gasteiger partial charge in [-0.05, 0) is 13.3 Å². The summed E-state index contributed by atoms with van der Waals surface area (Å²) in [6.07, 6.45) is -0.988. The number of nitrogens with one attached hydrogen (secondary N) is 2. The monoisotopic (exact) mass is 160 g/mol. The second-order valence-corrected chi connectivity index (χ2v) is 2.82. The van der Waals surface area contributed by atoms with Gasteiger partial charge in [-0.3, -0.25) is 11.5 Å². The molecule has 4 nitrogen and oxygen atoms in total. The van der Waals surface area contributed by atoms with Crippen LogP contribution in [0.3, 0.4) is 0 Å². The minimum atomic E-state index is -0.704. The summed E-state index contributed by atoms with van der Waals surface area (Å²) in [5.74, 6) is -0.315. The Morgan fingerprint density at radius 1 is 1.18 bits per heavy atom. The first kappa shape index (κ1) is 10.8. The molecule has 0 aromatic rings. The molecule has 0 saturated heterocycles. The lowest BCUT2D eigenvalue weighted by Crippen LogP contribution is -2.30. The Morgan fingerprint density at radius 3 is 1.91 bits per heavy atom. The smallest absolute Gasteiger partial charge is 0.0618 e. The summed E-state index contributed by atoms with van der Waals surface area (Å²) in [6, 6.07) is 0. The maximum atomic E-state index is 9.28. The molecule has 0 amide bonds. The van der Waals surface area contributed by atoms with Gasteiger partial charge in [0.05, 0.1) is 12.2 Å². The van der Waals surface area contributed by atoms with Gasteiger partial charge < -0.3 is 10.2 Å². The van der Waals surface area contributed by atoms with Gasteiger partial charge in [-0.25, -0.2) is 0 Å². The quantitative estimate of drug-likeness (QED) is 0.557. The number of hydrogen-bond donors (Lipinski definition) is 2. The molecule has 0 fully saturated rings. The summed E-state index contributed by atoms with van der Waals surface area (Å²) in [5.41, 5.74) is 13.9. The highest BCUT2D eigenvalue weighted by Gasteiger charge is 2.17. The van der Waals surface area contributed by atoms with Crippen LogP contribution < -0.4 is 11.5 Å². The summed E-state index contributed by atoms with van der Waals surface area (Å²) < 4.78 is 0. The molecule has 0 spiro atoms. The predicted molar refractivity (Wildman–Crippen MR) is 41.7 cm³/mol. The van der Waals surface area contributed by atoms with Gasteiger partial charge in [-0.15, -0.1) is 0 Å². The van der Waals surface area contributed by atoms with Gasteiger partial charge in [-0.2, -0.15) is 0 Å². The van der Waals surface area contributed by atoms with Crippen LogP contribution in [0, 0.1) is 5.92 Å². The van der Waals surface area contributed by atoms with E-state index in [-0.39, 0.29) is 25.4 Å². The molecule has 0 saturated carbocycles. The first-order valence-corrected chi connectivity index (χ1v) is 3.77. The van der Waals surface area contributed by atoms with Crippen LogP contribution in [0.4, 0.5) is 0 Å². The van der Waals surface area contributed by atoms with Crippen molar-refractivity contribution in [2.24, 2.45) is 5.92 Å². The van der Waals surface area contributed by atoms with Gasteiger partial charge >= 0.3 is 0 Å². The summed E-state index contributed by atoms with van der Waals surface area (Å²) in [4.78, 5) is 0. The Kier molecular flexibility index (Phi) is 5.41. The van der Waals surface area contributed by atoms with Gasteiger partial charge in [0.15, 0.2) is 0 Å². The van der Waals surface area contributed by atoms with Gasteiger partial charge in [0.2, 0.25) is 0 Å². The first-order chi connectivity index (χ1) is 5.11. The second-order valence-electron chi connectivity index (χ2n) is 2.82. The molecule has 4 heteroatoms. The van der Waals surface area contributed by atoms with E-state index in [2.05, 4.69) is 0 Å². The van der Waals surface area contributed by atoms with Gasteiger partial charge in [0, 0.05) is 19.0 Å². The van der Waals surface area contributed by atoms with Crippen molar-refractivity contribution in [2.45, 2.75) is 25.6 Å². The minimum absolute atomic E-state index is 0.0530. The van der Waals surface area contributed by atoms with Crippen LogP contribution in [-0.4, -0.2) is 35.5 Å². The third kappa shape index (κ3) is 4.31. The summed E-state index contributed by atoms with van der Waals surface area (Å²) in [7, 11) is 0. The van der Waals surface area contributed by atoms with Crippen molar-refractivity contribution in [3.63, 3.8) is 0 Å². The van der Waals surface area contributed by atoms with E-state index in [0.717, 1.165) is 0 Å². The van der Waals surface area contributed by atoms with Crippen LogP contribution in [0.1, 0.15) is 13.3 Å². The summed E-state index contributed by atoms with van der Waals surface area (Å²) in [6.45, 7) is 1.70. The number of rotatable bonds is 5. The predicted octanol–water partition coefficient (Wildman–Crippen LogP) is -0.700. The normalized spacial score (nSPS) is 16.9. The third-order valence-electron chi connectivity index (χ3n) is 1.65. The van der Waals surface area contributed by atoms with Crippen LogP contribution >= 0.6 is 0 Å². The molecule has 0 heterocycles. The van der Waals surface area contributed by atoms with E-state index < -0.39 is 12.2 Å². The van der Waals surface area contributed by atoms with Crippen molar-refractivity contribution in [3.8, 4) is 0 Å². The maximum Gasteiger partial charge on any atom is 0.0618 e. The van der Waals surface area contributed by atoms with Crippen molar-refractivity contribution >= 4 is 0 Å². The Bertz CT molecular complexity index is 94.4. The zero-order valence-electron chi connectivity index (χ0n) is 6.75. The van der Waals surface area contributed by atoms with E-state index >= 15 is 0 Å². The molecule has 11 heavy (non-hydrogen) atoms. The number of aliphatic hydroxyl groups excluding tert-OH is 2. The lowest BCUT2D eigenvalue weighted by atomic mass is 9.98. The van der Waals surface area contributed by atoms with E-state index in [9.17, 15) is 5.11 Å². The topological polar surface area (TPSA) is 88.1 Å². The molecule has 0 aliphatic carbocycles. The zero-order valence-corrected chi connectivity index (χ0v) is 6.75. The highest BCUT2D eigenvalue weighted by molar-refractivity contribution is 4.71. The Labute approximate surface area is 67.2 Å². The molecule has 4 N–H and O–H groups in total. The molecule has 2 radical (unpaired) electrons. The lowest BCUT2D eigenvalue weighted by molar-refractivity contribution is 0.0546. The molecule has 0 aliphatic heterocycles. The van der Waals surface area contributed by atoms with Gasteiger partial charge in [0.25, 0.3) is 0 Å².